The molecule has 4 heteroatoms. The Hall–Kier alpha value is -1.84. The zero-order valence-electron chi connectivity index (χ0n) is 12.6. The number of nitrogens with zero attached hydrogens (tertiary/aromatic N) is 1. The highest BCUT2D eigenvalue weighted by molar-refractivity contribution is 6.00. The van der Waals surface area contributed by atoms with Crippen molar-refractivity contribution in [2.24, 2.45) is 5.92 Å². The highest BCUT2D eigenvalue weighted by Crippen LogP contribution is 2.32. The minimum atomic E-state index is -0.950. The van der Waals surface area contributed by atoms with E-state index in [-0.39, 0.29) is 17.9 Å². The lowest BCUT2D eigenvalue weighted by Crippen LogP contribution is -2.67. The van der Waals surface area contributed by atoms with Crippen molar-refractivity contribution in [2.75, 3.05) is 6.54 Å². The Bertz CT molecular complexity index is 553. The zero-order valence-corrected chi connectivity index (χ0v) is 12.6. The molecule has 1 heterocycles. The lowest BCUT2D eigenvalue weighted by molar-refractivity contribution is -0.155. The van der Waals surface area contributed by atoms with E-state index in [9.17, 15) is 9.59 Å². The molecule has 2 aliphatic rings. The van der Waals surface area contributed by atoms with E-state index in [0.717, 1.165) is 5.56 Å². The Morgan fingerprint density at radius 3 is 2.48 bits per heavy atom. The monoisotopic (exact) mass is 286 g/mol. The van der Waals surface area contributed by atoms with E-state index < -0.39 is 5.54 Å². The van der Waals surface area contributed by atoms with Gasteiger partial charge in [0.05, 0.1) is 0 Å². The van der Waals surface area contributed by atoms with Crippen LogP contribution in [-0.2, 0) is 15.1 Å². The van der Waals surface area contributed by atoms with Crippen LogP contribution in [0.25, 0.3) is 0 Å². The normalized spacial score (nSPS) is 30.0. The first kappa shape index (κ1) is 14.1. The van der Waals surface area contributed by atoms with Crippen LogP contribution in [0.2, 0.25) is 0 Å². The predicted octanol–water partition coefficient (Wildman–Crippen LogP) is 2.05. The minimum Gasteiger partial charge on any atom is -0.336 e. The summed E-state index contributed by atoms with van der Waals surface area (Å²) in [6.07, 6.45) is 3.57. The molecule has 2 atom stereocenters. The molecule has 2 amide bonds. The van der Waals surface area contributed by atoms with Crippen molar-refractivity contribution in [3.63, 3.8) is 0 Å². The van der Waals surface area contributed by atoms with Crippen LogP contribution in [0, 0.1) is 5.92 Å². The van der Waals surface area contributed by atoms with Gasteiger partial charge in [0.2, 0.25) is 5.91 Å². The van der Waals surface area contributed by atoms with Crippen molar-refractivity contribution in [3.05, 3.63) is 35.9 Å². The van der Waals surface area contributed by atoms with E-state index in [4.69, 9.17) is 0 Å². The fourth-order valence-corrected chi connectivity index (χ4v) is 3.17. The highest BCUT2D eigenvalue weighted by Gasteiger charge is 2.48. The Morgan fingerprint density at radius 2 is 1.90 bits per heavy atom. The minimum absolute atomic E-state index is 0.00713. The van der Waals surface area contributed by atoms with E-state index in [1.54, 1.807) is 4.90 Å². The number of carbonyl (C=O) groups excluding carboxylic acids is 2. The first-order valence-electron chi connectivity index (χ1n) is 7.71. The van der Waals surface area contributed by atoms with E-state index in [1.165, 1.54) is 19.3 Å². The van der Waals surface area contributed by atoms with Gasteiger partial charge in [-0.2, -0.15) is 0 Å². The third-order valence-electron chi connectivity index (χ3n) is 4.94. The van der Waals surface area contributed by atoms with Gasteiger partial charge in [-0.1, -0.05) is 36.8 Å². The van der Waals surface area contributed by atoms with Crippen LogP contribution < -0.4 is 5.32 Å². The number of rotatable bonds is 3. The van der Waals surface area contributed by atoms with Crippen LogP contribution in [0.5, 0.6) is 0 Å². The average molecular weight is 286 g/mol. The van der Waals surface area contributed by atoms with Gasteiger partial charge >= 0.3 is 0 Å². The summed E-state index contributed by atoms with van der Waals surface area (Å²) in [5.74, 6) is 0.496. The van der Waals surface area contributed by atoms with E-state index in [0.29, 0.717) is 12.5 Å². The second-order valence-corrected chi connectivity index (χ2v) is 6.41. The topological polar surface area (TPSA) is 49.4 Å². The lowest BCUT2D eigenvalue weighted by atomic mass is 9.82. The summed E-state index contributed by atoms with van der Waals surface area (Å²) >= 11 is 0. The second-order valence-electron chi connectivity index (χ2n) is 6.41. The maximum absolute atomic E-state index is 13.0. The SMILES string of the molecule is CC1C(=O)NC(C)(c2ccccc2)C(=O)N1CC1CCC1. The van der Waals surface area contributed by atoms with Crippen LogP contribution in [-0.4, -0.2) is 29.3 Å². The van der Waals surface area contributed by atoms with Gasteiger partial charge in [-0.25, -0.2) is 0 Å². The van der Waals surface area contributed by atoms with E-state index in [1.807, 2.05) is 44.2 Å². The van der Waals surface area contributed by atoms with Gasteiger partial charge in [0.25, 0.3) is 5.91 Å². The van der Waals surface area contributed by atoms with Crippen LogP contribution in [0.3, 0.4) is 0 Å². The molecule has 21 heavy (non-hydrogen) atoms. The van der Waals surface area contributed by atoms with E-state index in [2.05, 4.69) is 5.32 Å². The maximum Gasteiger partial charge on any atom is 0.253 e. The van der Waals surface area contributed by atoms with Crippen LogP contribution in [0.1, 0.15) is 38.7 Å². The lowest BCUT2D eigenvalue weighted by Gasteiger charge is -2.45. The number of amides is 2. The zero-order chi connectivity index (χ0) is 15.0. The molecule has 1 aliphatic heterocycles. The summed E-state index contributed by atoms with van der Waals surface area (Å²) < 4.78 is 0. The predicted molar refractivity (Wildman–Crippen MR) is 80.5 cm³/mol. The van der Waals surface area contributed by atoms with Crippen molar-refractivity contribution in [1.29, 1.82) is 0 Å². The van der Waals surface area contributed by atoms with Gasteiger partial charge < -0.3 is 10.2 Å². The molecule has 4 nitrogen and oxygen atoms in total. The fourth-order valence-electron chi connectivity index (χ4n) is 3.17. The van der Waals surface area contributed by atoms with Crippen molar-refractivity contribution in [3.8, 4) is 0 Å². The molecule has 1 saturated carbocycles. The van der Waals surface area contributed by atoms with Gasteiger partial charge in [0.1, 0.15) is 11.6 Å². The molecule has 0 aromatic heterocycles. The summed E-state index contributed by atoms with van der Waals surface area (Å²) in [5, 5.41) is 2.92. The standard InChI is InChI=1S/C17H22N2O2/c1-12-15(20)18-17(2,14-9-4-3-5-10-14)16(21)19(12)11-13-7-6-8-13/h3-5,9-10,12-13H,6-8,11H2,1-2H3,(H,18,20). The summed E-state index contributed by atoms with van der Waals surface area (Å²) in [4.78, 5) is 27.1. The third kappa shape index (κ3) is 2.33. The summed E-state index contributed by atoms with van der Waals surface area (Å²) in [7, 11) is 0. The number of hydrogen-bond acceptors (Lipinski definition) is 2. The molecular formula is C17H22N2O2. The Balaban J connectivity index is 1.91. The molecule has 1 aromatic rings. The number of piperazine rings is 1. The molecule has 0 radical (unpaired) electrons. The number of benzene rings is 1. The average Bonchev–Trinajstić information content (AvgIpc) is 2.44. The second kappa shape index (κ2) is 5.17. The fraction of sp³-hybridized carbons (Fsp3) is 0.529. The molecule has 1 N–H and O–H groups in total. The molecule has 112 valence electrons. The number of hydrogen-bond donors (Lipinski definition) is 1. The number of carbonyl (C=O) groups is 2. The van der Waals surface area contributed by atoms with Crippen LogP contribution >= 0.6 is 0 Å². The van der Waals surface area contributed by atoms with Crippen molar-refractivity contribution < 1.29 is 9.59 Å². The molecule has 2 fully saturated rings. The summed E-state index contributed by atoms with van der Waals surface area (Å²) in [5.41, 5.74) is -0.108. The van der Waals surface area contributed by atoms with Gasteiger partial charge in [-0.3, -0.25) is 9.59 Å². The molecule has 0 spiro atoms. The number of nitrogens with one attached hydrogen (secondary N) is 1. The molecule has 3 rings (SSSR count). The van der Waals surface area contributed by atoms with E-state index >= 15 is 0 Å². The van der Waals surface area contributed by atoms with Crippen LogP contribution in [0.15, 0.2) is 30.3 Å². The van der Waals surface area contributed by atoms with Gasteiger partial charge in [-0.15, -0.1) is 0 Å². The molecular weight excluding hydrogens is 264 g/mol. The van der Waals surface area contributed by atoms with Gasteiger partial charge in [0, 0.05) is 6.54 Å². The third-order valence-corrected chi connectivity index (χ3v) is 4.94. The van der Waals surface area contributed by atoms with Crippen molar-refractivity contribution in [2.45, 2.75) is 44.7 Å². The first-order chi connectivity index (χ1) is 10.0. The van der Waals surface area contributed by atoms with Crippen LogP contribution in [0.4, 0.5) is 0 Å². The van der Waals surface area contributed by atoms with Crippen molar-refractivity contribution >= 4 is 11.8 Å². The summed E-state index contributed by atoms with van der Waals surface area (Å²) in [6, 6.07) is 9.13. The van der Waals surface area contributed by atoms with Gasteiger partial charge in [0.15, 0.2) is 0 Å². The van der Waals surface area contributed by atoms with Crippen molar-refractivity contribution in [1.82, 2.24) is 10.2 Å². The maximum atomic E-state index is 13.0. The smallest absolute Gasteiger partial charge is 0.253 e. The highest BCUT2D eigenvalue weighted by atomic mass is 16.2. The molecule has 1 saturated heterocycles. The summed E-state index contributed by atoms with van der Waals surface area (Å²) in [6.45, 7) is 4.33. The molecule has 0 bridgehead atoms. The van der Waals surface area contributed by atoms with Gasteiger partial charge in [-0.05, 0) is 38.2 Å². The first-order valence-corrected chi connectivity index (χ1v) is 7.71. The molecule has 2 unspecified atom stereocenters. The Labute approximate surface area is 125 Å². The Morgan fingerprint density at radius 1 is 1.24 bits per heavy atom. The molecule has 1 aromatic carbocycles. The Kier molecular flexibility index (Phi) is 3.47. The molecule has 1 aliphatic carbocycles. The quantitative estimate of drug-likeness (QED) is 0.924. The largest absolute Gasteiger partial charge is 0.336 e.